The van der Waals surface area contributed by atoms with Gasteiger partial charge < -0.3 is 9.84 Å². The molecule has 2 nitrogen and oxygen atoms in total. The second-order valence-electron chi connectivity index (χ2n) is 6.40. The summed E-state index contributed by atoms with van der Waals surface area (Å²) < 4.78 is 5.66. The molecule has 1 fully saturated rings. The predicted octanol–water partition coefficient (Wildman–Crippen LogP) is 5.23. The Bertz CT molecular complexity index is 206. The Labute approximate surface area is 126 Å². The molecule has 1 saturated heterocycles. The summed E-state index contributed by atoms with van der Waals surface area (Å²) in [6.45, 7) is 2.61. The maximum absolute atomic E-state index is 8.73. The third-order valence-electron chi connectivity index (χ3n) is 4.43. The summed E-state index contributed by atoms with van der Waals surface area (Å²) in [6.07, 6.45) is 19.7. The lowest BCUT2D eigenvalue weighted by Gasteiger charge is -2.01. The van der Waals surface area contributed by atoms with E-state index in [1.54, 1.807) is 0 Å². The van der Waals surface area contributed by atoms with Crippen LogP contribution in [-0.2, 0) is 4.74 Å². The van der Waals surface area contributed by atoms with Gasteiger partial charge in [0.2, 0.25) is 0 Å². The number of hydrogen-bond acceptors (Lipinski definition) is 2. The lowest BCUT2D eigenvalue weighted by Crippen LogP contribution is -1.95. The highest BCUT2D eigenvalue weighted by Crippen LogP contribution is 2.31. The van der Waals surface area contributed by atoms with Crippen molar-refractivity contribution in [1.29, 1.82) is 0 Å². The second-order valence-corrected chi connectivity index (χ2v) is 6.40. The molecule has 0 saturated carbocycles. The summed E-state index contributed by atoms with van der Waals surface area (Å²) in [4.78, 5) is 0. The van der Waals surface area contributed by atoms with E-state index in [1.807, 2.05) is 0 Å². The highest BCUT2D eigenvalue weighted by Gasteiger charge is 2.36. The highest BCUT2D eigenvalue weighted by atomic mass is 16.6. The maximum Gasteiger partial charge on any atom is 0.0841 e. The van der Waals surface area contributed by atoms with Crippen molar-refractivity contribution in [3.05, 3.63) is 0 Å². The van der Waals surface area contributed by atoms with Crippen molar-refractivity contribution in [2.45, 2.75) is 109 Å². The molecule has 1 aliphatic rings. The van der Waals surface area contributed by atoms with Gasteiger partial charge in [0, 0.05) is 6.61 Å². The molecule has 1 heterocycles. The average molecular weight is 284 g/mol. The Hall–Kier alpha value is -0.0800. The van der Waals surface area contributed by atoms with E-state index in [0.717, 1.165) is 19.3 Å². The van der Waals surface area contributed by atoms with Gasteiger partial charge in [-0.3, -0.25) is 0 Å². The van der Waals surface area contributed by atoms with E-state index in [9.17, 15) is 0 Å². The number of ether oxygens (including phenoxy) is 1. The van der Waals surface area contributed by atoms with E-state index < -0.39 is 0 Å². The van der Waals surface area contributed by atoms with Crippen LogP contribution in [0.15, 0.2) is 0 Å². The zero-order valence-corrected chi connectivity index (χ0v) is 13.6. The first kappa shape index (κ1) is 18.0. The van der Waals surface area contributed by atoms with E-state index >= 15 is 0 Å². The predicted molar refractivity (Wildman–Crippen MR) is 86.1 cm³/mol. The molecule has 0 radical (unpaired) electrons. The molecule has 0 bridgehead atoms. The van der Waals surface area contributed by atoms with Crippen LogP contribution in [0.5, 0.6) is 0 Å². The number of unbranched alkanes of at least 4 members (excludes halogenated alkanes) is 10. The van der Waals surface area contributed by atoms with Gasteiger partial charge in [0.15, 0.2) is 0 Å². The van der Waals surface area contributed by atoms with Gasteiger partial charge in [0.05, 0.1) is 12.2 Å². The summed E-state index contributed by atoms with van der Waals surface area (Å²) in [5, 5.41) is 8.73. The van der Waals surface area contributed by atoms with Gasteiger partial charge in [-0.05, 0) is 25.7 Å². The number of rotatable bonds is 15. The molecule has 20 heavy (non-hydrogen) atoms. The van der Waals surface area contributed by atoms with Crippen molar-refractivity contribution in [2.75, 3.05) is 6.61 Å². The molecule has 0 aliphatic carbocycles. The second kappa shape index (κ2) is 12.6. The van der Waals surface area contributed by atoms with Crippen LogP contribution < -0.4 is 0 Å². The van der Waals surface area contributed by atoms with Crippen molar-refractivity contribution in [2.24, 2.45) is 0 Å². The Morgan fingerprint density at radius 1 is 0.650 bits per heavy atom. The van der Waals surface area contributed by atoms with E-state index in [-0.39, 0.29) is 0 Å². The van der Waals surface area contributed by atoms with E-state index in [1.165, 1.54) is 70.6 Å². The highest BCUT2D eigenvalue weighted by molar-refractivity contribution is 4.84. The number of epoxide rings is 1. The molecule has 1 rings (SSSR count). The molecule has 0 aromatic rings. The molecular formula is C18H36O2. The molecule has 0 spiro atoms. The Morgan fingerprint density at radius 2 is 1.10 bits per heavy atom. The van der Waals surface area contributed by atoms with Crippen LogP contribution in [0.25, 0.3) is 0 Å². The first-order chi connectivity index (χ1) is 9.88. The fraction of sp³-hybridized carbons (Fsp3) is 1.00. The van der Waals surface area contributed by atoms with Crippen LogP contribution in [0.4, 0.5) is 0 Å². The van der Waals surface area contributed by atoms with Crippen LogP contribution >= 0.6 is 0 Å². The maximum atomic E-state index is 8.73. The Balaban J connectivity index is 1.71. The third kappa shape index (κ3) is 9.77. The summed E-state index contributed by atoms with van der Waals surface area (Å²) in [6, 6.07) is 0. The third-order valence-corrected chi connectivity index (χ3v) is 4.43. The van der Waals surface area contributed by atoms with Crippen LogP contribution in [0, 0.1) is 0 Å². The zero-order chi connectivity index (χ0) is 14.5. The molecule has 2 heteroatoms. The molecule has 0 aromatic carbocycles. The van der Waals surface area contributed by atoms with Gasteiger partial charge >= 0.3 is 0 Å². The summed E-state index contributed by atoms with van der Waals surface area (Å²) in [5.41, 5.74) is 0. The first-order valence-corrected chi connectivity index (χ1v) is 9.14. The van der Waals surface area contributed by atoms with Crippen molar-refractivity contribution in [3.8, 4) is 0 Å². The van der Waals surface area contributed by atoms with Crippen molar-refractivity contribution < 1.29 is 9.84 Å². The van der Waals surface area contributed by atoms with E-state index in [0.29, 0.717) is 18.8 Å². The SMILES string of the molecule is CCCCCCCCCCCCC1OC1CCCCO. The van der Waals surface area contributed by atoms with Gasteiger partial charge in [-0.15, -0.1) is 0 Å². The topological polar surface area (TPSA) is 32.8 Å². The average Bonchev–Trinajstić information content (AvgIpc) is 3.20. The van der Waals surface area contributed by atoms with Crippen LogP contribution in [0.3, 0.4) is 0 Å². The zero-order valence-electron chi connectivity index (χ0n) is 13.6. The van der Waals surface area contributed by atoms with Crippen LogP contribution in [0.1, 0.15) is 96.8 Å². The molecular weight excluding hydrogens is 248 g/mol. The number of hydrogen-bond donors (Lipinski definition) is 1. The lowest BCUT2D eigenvalue weighted by molar-refractivity contribution is 0.278. The van der Waals surface area contributed by atoms with Gasteiger partial charge in [-0.2, -0.15) is 0 Å². The Morgan fingerprint density at radius 3 is 1.60 bits per heavy atom. The normalized spacial score (nSPS) is 21.3. The summed E-state index contributed by atoms with van der Waals surface area (Å²) in [7, 11) is 0. The fourth-order valence-corrected chi connectivity index (χ4v) is 2.98. The van der Waals surface area contributed by atoms with Crippen molar-refractivity contribution in [3.63, 3.8) is 0 Å². The van der Waals surface area contributed by atoms with Crippen molar-refractivity contribution in [1.82, 2.24) is 0 Å². The molecule has 0 aromatic heterocycles. The molecule has 2 unspecified atom stereocenters. The van der Waals surface area contributed by atoms with Gasteiger partial charge in [-0.25, -0.2) is 0 Å². The van der Waals surface area contributed by atoms with Crippen LogP contribution in [-0.4, -0.2) is 23.9 Å². The minimum absolute atomic E-state index is 0.329. The molecule has 1 aliphatic heterocycles. The standard InChI is InChI=1S/C18H36O2/c1-2-3-4-5-6-7-8-9-10-11-14-17-18(20-17)15-12-13-16-19/h17-19H,2-16H2,1H3. The lowest BCUT2D eigenvalue weighted by atomic mass is 10.0. The summed E-state index contributed by atoms with van der Waals surface area (Å²) >= 11 is 0. The largest absolute Gasteiger partial charge is 0.396 e. The van der Waals surface area contributed by atoms with Gasteiger partial charge in [0.25, 0.3) is 0 Å². The molecule has 120 valence electrons. The smallest absolute Gasteiger partial charge is 0.0841 e. The fourth-order valence-electron chi connectivity index (χ4n) is 2.98. The molecule has 0 amide bonds. The minimum atomic E-state index is 0.329. The van der Waals surface area contributed by atoms with Gasteiger partial charge in [0.1, 0.15) is 0 Å². The van der Waals surface area contributed by atoms with Gasteiger partial charge in [-0.1, -0.05) is 71.1 Å². The number of aliphatic hydroxyl groups is 1. The quantitative estimate of drug-likeness (QED) is 0.330. The first-order valence-electron chi connectivity index (χ1n) is 9.14. The summed E-state index contributed by atoms with van der Waals surface area (Å²) in [5.74, 6) is 0. The molecule has 2 atom stereocenters. The van der Waals surface area contributed by atoms with Crippen molar-refractivity contribution >= 4 is 0 Å². The van der Waals surface area contributed by atoms with E-state index in [2.05, 4.69) is 6.92 Å². The van der Waals surface area contributed by atoms with Crippen LogP contribution in [0.2, 0.25) is 0 Å². The van der Waals surface area contributed by atoms with E-state index in [4.69, 9.17) is 9.84 Å². The monoisotopic (exact) mass is 284 g/mol. The number of aliphatic hydroxyl groups excluding tert-OH is 1. The molecule has 1 N–H and O–H groups in total. The Kier molecular flexibility index (Phi) is 11.4. The minimum Gasteiger partial charge on any atom is -0.396 e.